The molecule has 0 atom stereocenters. The van der Waals surface area contributed by atoms with E-state index in [1.165, 1.54) is 0 Å². The number of ether oxygens (including phenoxy) is 1. The number of esters is 1. The van der Waals surface area contributed by atoms with Gasteiger partial charge >= 0.3 is 5.97 Å². The van der Waals surface area contributed by atoms with E-state index in [9.17, 15) is 22.0 Å². The number of rotatable bonds is 7. The van der Waals surface area contributed by atoms with Crippen LogP contribution in [0.2, 0.25) is 0 Å². The van der Waals surface area contributed by atoms with Crippen molar-refractivity contribution >= 4 is 16.0 Å². The number of hydrogen-bond acceptors (Lipinski definition) is 4. The summed E-state index contributed by atoms with van der Waals surface area (Å²) < 4.78 is 56.1. The Morgan fingerprint density at radius 3 is 2.65 bits per heavy atom. The van der Waals surface area contributed by atoms with Gasteiger partial charge in [-0.15, -0.1) is 0 Å². The first-order valence-electron chi connectivity index (χ1n) is 5.97. The van der Waals surface area contributed by atoms with Crippen molar-refractivity contribution in [2.45, 2.75) is 24.7 Å². The van der Waals surface area contributed by atoms with Gasteiger partial charge in [-0.2, -0.15) is 4.72 Å². The molecule has 0 aliphatic heterocycles. The molecule has 20 heavy (non-hydrogen) atoms. The predicted molar refractivity (Wildman–Crippen MR) is 67.4 cm³/mol. The van der Waals surface area contributed by atoms with Crippen LogP contribution in [0.3, 0.4) is 0 Å². The lowest BCUT2D eigenvalue weighted by Gasteiger charge is -2.08. The van der Waals surface area contributed by atoms with E-state index in [1.54, 1.807) is 0 Å². The molecule has 0 saturated heterocycles. The third-order valence-corrected chi connectivity index (χ3v) is 3.79. The zero-order valence-corrected chi connectivity index (χ0v) is 11.7. The summed E-state index contributed by atoms with van der Waals surface area (Å²) in [6, 6.07) is 2.06. The number of sulfonamides is 1. The zero-order chi connectivity index (χ0) is 15.2. The minimum atomic E-state index is -4.23. The molecule has 0 bridgehead atoms. The highest BCUT2D eigenvalue weighted by Gasteiger charge is 2.20. The summed E-state index contributed by atoms with van der Waals surface area (Å²) >= 11 is 0. The smallest absolute Gasteiger partial charge is 0.321 e. The fraction of sp³-hybridized carbons (Fsp3) is 0.417. The van der Waals surface area contributed by atoms with Crippen LogP contribution in [-0.4, -0.2) is 27.5 Å². The lowest BCUT2D eigenvalue weighted by molar-refractivity contribution is -0.142. The van der Waals surface area contributed by atoms with E-state index in [4.69, 9.17) is 4.74 Å². The van der Waals surface area contributed by atoms with Crippen molar-refractivity contribution in [3.8, 4) is 0 Å². The van der Waals surface area contributed by atoms with Crippen molar-refractivity contribution in [1.82, 2.24) is 4.72 Å². The Balaban J connectivity index is 2.64. The van der Waals surface area contributed by atoms with E-state index in [0.717, 1.165) is 18.6 Å². The third-order valence-electron chi connectivity index (χ3n) is 2.35. The van der Waals surface area contributed by atoms with Crippen LogP contribution in [0.25, 0.3) is 0 Å². The monoisotopic (exact) mass is 307 g/mol. The average Bonchev–Trinajstić information content (AvgIpc) is 2.36. The lowest BCUT2D eigenvalue weighted by atomic mass is 10.3. The Hall–Kier alpha value is -1.54. The van der Waals surface area contributed by atoms with Crippen LogP contribution >= 0.6 is 0 Å². The maximum atomic E-state index is 13.3. The normalized spacial score (nSPS) is 11.3. The molecule has 1 rings (SSSR count). The first-order chi connectivity index (χ1) is 9.36. The molecule has 0 amide bonds. The van der Waals surface area contributed by atoms with E-state index < -0.39 is 39.1 Å². The summed E-state index contributed by atoms with van der Waals surface area (Å²) in [6.45, 7) is 1.50. The van der Waals surface area contributed by atoms with Crippen LogP contribution in [0.4, 0.5) is 8.78 Å². The molecule has 5 nitrogen and oxygen atoms in total. The lowest BCUT2D eigenvalue weighted by Crippen LogP contribution is -2.31. The number of carbonyl (C=O) groups excluding carboxylic acids is 1. The predicted octanol–water partition coefficient (Wildman–Crippen LogP) is 1.59. The van der Waals surface area contributed by atoms with Crippen LogP contribution < -0.4 is 4.72 Å². The summed E-state index contributed by atoms with van der Waals surface area (Å²) in [5.41, 5.74) is 0. The SMILES string of the molecule is CCCCOC(=O)CNS(=O)(=O)c1ccc(F)cc1F. The first-order valence-corrected chi connectivity index (χ1v) is 7.45. The minimum Gasteiger partial charge on any atom is -0.465 e. The van der Waals surface area contributed by atoms with E-state index >= 15 is 0 Å². The zero-order valence-electron chi connectivity index (χ0n) is 10.9. The summed E-state index contributed by atoms with van der Waals surface area (Å²) in [5.74, 6) is -2.87. The van der Waals surface area contributed by atoms with E-state index in [1.807, 2.05) is 11.6 Å². The Morgan fingerprint density at radius 1 is 1.35 bits per heavy atom. The Kier molecular flexibility index (Phi) is 6.03. The second-order valence-corrected chi connectivity index (χ2v) is 5.71. The Labute approximate surface area is 116 Å². The molecule has 1 aromatic carbocycles. The van der Waals surface area contributed by atoms with Gasteiger partial charge in [-0.3, -0.25) is 4.79 Å². The molecule has 0 unspecified atom stereocenters. The number of unbranched alkanes of at least 4 members (excludes halogenated alkanes) is 1. The fourth-order valence-electron chi connectivity index (χ4n) is 1.31. The summed E-state index contributed by atoms with van der Waals surface area (Å²) in [7, 11) is -4.23. The van der Waals surface area contributed by atoms with Gasteiger partial charge in [0.25, 0.3) is 0 Å². The molecule has 0 fully saturated rings. The molecular formula is C12H15F2NO4S. The highest BCUT2D eigenvalue weighted by molar-refractivity contribution is 7.89. The van der Waals surface area contributed by atoms with Gasteiger partial charge in [0.2, 0.25) is 10.0 Å². The fourth-order valence-corrected chi connectivity index (χ4v) is 2.33. The summed E-state index contributed by atoms with van der Waals surface area (Å²) in [5, 5.41) is 0. The first kappa shape index (κ1) is 16.5. The van der Waals surface area contributed by atoms with Gasteiger partial charge in [0.05, 0.1) is 6.61 Å². The van der Waals surface area contributed by atoms with Crippen LogP contribution in [0.5, 0.6) is 0 Å². The van der Waals surface area contributed by atoms with Gasteiger partial charge in [-0.05, 0) is 18.6 Å². The standard InChI is InChI=1S/C12H15F2NO4S/c1-2-3-6-19-12(16)8-15-20(17,18)11-5-4-9(13)7-10(11)14/h4-5,7,15H,2-3,6,8H2,1H3. The molecule has 0 spiro atoms. The molecular weight excluding hydrogens is 292 g/mol. The maximum Gasteiger partial charge on any atom is 0.321 e. The minimum absolute atomic E-state index is 0.196. The molecule has 8 heteroatoms. The molecule has 1 aromatic rings. The summed E-state index contributed by atoms with van der Waals surface area (Å²) in [6.07, 6.45) is 1.50. The Morgan fingerprint density at radius 2 is 2.05 bits per heavy atom. The molecule has 0 saturated carbocycles. The van der Waals surface area contributed by atoms with Crippen LogP contribution in [-0.2, 0) is 19.6 Å². The molecule has 0 aromatic heterocycles. The van der Waals surface area contributed by atoms with Crippen molar-refractivity contribution in [2.24, 2.45) is 0 Å². The third kappa shape index (κ3) is 4.86. The number of carbonyl (C=O) groups is 1. The number of benzene rings is 1. The largest absolute Gasteiger partial charge is 0.465 e. The molecule has 0 aliphatic carbocycles. The van der Waals surface area contributed by atoms with Crippen LogP contribution in [0.15, 0.2) is 23.1 Å². The van der Waals surface area contributed by atoms with E-state index in [0.29, 0.717) is 12.5 Å². The molecule has 0 radical (unpaired) electrons. The molecule has 0 heterocycles. The van der Waals surface area contributed by atoms with E-state index in [2.05, 4.69) is 0 Å². The molecule has 0 aliphatic rings. The quantitative estimate of drug-likeness (QED) is 0.613. The van der Waals surface area contributed by atoms with Gasteiger partial charge in [0.15, 0.2) is 0 Å². The van der Waals surface area contributed by atoms with Crippen LogP contribution in [0.1, 0.15) is 19.8 Å². The highest BCUT2D eigenvalue weighted by Crippen LogP contribution is 2.14. The van der Waals surface area contributed by atoms with Gasteiger partial charge < -0.3 is 4.74 Å². The molecule has 1 N–H and O–H groups in total. The van der Waals surface area contributed by atoms with E-state index in [-0.39, 0.29) is 6.61 Å². The average molecular weight is 307 g/mol. The van der Waals surface area contributed by atoms with Gasteiger partial charge in [-0.1, -0.05) is 13.3 Å². The second-order valence-electron chi connectivity index (χ2n) is 3.97. The van der Waals surface area contributed by atoms with Gasteiger partial charge in [0, 0.05) is 6.07 Å². The maximum absolute atomic E-state index is 13.3. The Bertz CT molecular complexity index is 575. The number of hydrogen-bond donors (Lipinski definition) is 1. The van der Waals surface area contributed by atoms with Crippen LogP contribution in [0, 0.1) is 11.6 Å². The van der Waals surface area contributed by atoms with Crippen molar-refractivity contribution in [3.05, 3.63) is 29.8 Å². The highest BCUT2D eigenvalue weighted by atomic mass is 32.2. The number of nitrogens with one attached hydrogen (secondary N) is 1. The number of halogens is 2. The topological polar surface area (TPSA) is 72.5 Å². The van der Waals surface area contributed by atoms with Crippen molar-refractivity contribution in [1.29, 1.82) is 0 Å². The molecule has 112 valence electrons. The van der Waals surface area contributed by atoms with Gasteiger partial charge in [0.1, 0.15) is 23.1 Å². The summed E-state index contributed by atoms with van der Waals surface area (Å²) in [4.78, 5) is 10.5. The van der Waals surface area contributed by atoms with Crippen molar-refractivity contribution < 1.29 is 26.7 Å². The van der Waals surface area contributed by atoms with Crippen molar-refractivity contribution in [3.63, 3.8) is 0 Å². The van der Waals surface area contributed by atoms with Gasteiger partial charge in [-0.25, -0.2) is 17.2 Å². The second kappa shape index (κ2) is 7.30. The van der Waals surface area contributed by atoms with Crippen molar-refractivity contribution in [2.75, 3.05) is 13.2 Å².